The van der Waals surface area contributed by atoms with Crippen LogP contribution in [0.25, 0.3) is 0 Å². The first-order chi connectivity index (χ1) is 5.93. The molecule has 0 rings (SSSR count). The first-order valence-corrected chi connectivity index (χ1v) is 5.23. The van der Waals surface area contributed by atoms with Crippen LogP contribution in [0, 0.1) is 5.41 Å². The molecule has 0 aliphatic rings. The molecule has 0 spiro atoms. The SMILES string of the molecule is CCCC(OCC)C(O)C(C)(C)C. The molecule has 0 fully saturated rings. The van der Waals surface area contributed by atoms with Crippen LogP contribution in [0.4, 0.5) is 0 Å². The van der Waals surface area contributed by atoms with Gasteiger partial charge in [0.05, 0.1) is 12.2 Å². The highest BCUT2D eigenvalue weighted by molar-refractivity contribution is 4.80. The second kappa shape index (κ2) is 5.61. The van der Waals surface area contributed by atoms with E-state index in [0.717, 1.165) is 12.8 Å². The topological polar surface area (TPSA) is 29.5 Å². The predicted molar refractivity (Wildman–Crippen MR) is 55.8 cm³/mol. The highest BCUT2D eigenvalue weighted by atomic mass is 16.5. The monoisotopic (exact) mass is 188 g/mol. The second-order valence-corrected chi connectivity index (χ2v) is 4.59. The molecule has 0 bridgehead atoms. The summed E-state index contributed by atoms with van der Waals surface area (Å²) in [5.74, 6) is 0. The van der Waals surface area contributed by atoms with Gasteiger partial charge in [0.15, 0.2) is 0 Å². The van der Waals surface area contributed by atoms with Crippen LogP contribution in [-0.2, 0) is 4.74 Å². The van der Waals surface area contributed by atoms with Gasteiger partial charge in [-0.2, -0.15) is 0 Å². The highest BCUT2D eigenvalue weighted by Crippen LogP contribution is 2.25. The van der Waals surface area contributed by atoms with Crippen molar-refractivity contribution in [3.63, 3.8) is 0 Å². The molecule has 13 heavy (non-hydrogen) atoms. The molecule has 0 aromatic carbocycles. The van der Waals surface area contributed by atoms with E-state index in [1.165, 1.54) is 0 Å². The minimum atomic E-state index is -0.368. The smallest absolute Gasteiger partial charge is 0.0849 e. The average Bonchev–Trinajstić information content (AvgIpc) is 2.01. The summed E-state index contributed by atoms with van der Waals surface area (Å²) in [6.45, 7) is 10.9. The fourth-order valence-electron chi connectivity index (χ4n) is 1.39. The summed E-state index contributed by atoms with van der Waals surface area (Å²) in [5, 5.41) is 9.98. The Morgan fingerprint density at radius 2 is 1.77 bits per heavy atom. The van der Waals surface area contributed by atoms with Crippen LogP contribution in [0.3, 0.4) is 0 Å². The van der Waals surface area contributed by atoms with Crippen molar-refractivity contribution in [3.05, 3.63) is 0 Å². The molecule has 2 atom stereocenters. The lowest BCUT2D eigenvalue weighted by Crippen LogP contribution is -2.39. The van der Waals surface area contributed by atoms with E-state index in [-0.39, 0.29) is 17.6 Å². The van der Waals surface area contributed by atoms with E-state index in [1.807, 2.05) is 27.7 Å². The van der Waals surface area contributed by atoms with Gasteiger partial charge in [0.2, 0.25) is 0 Å². The summed E-state index contributed by atoms with van der Waals surface area (Å²) >= 11 is 0. The zero-order valence-corrected chi connectivity index (χ0v) is 9.63. The normalized spacial score (nSPS) is 17.1. The molecular formula is C11H24O2. The van der Waals surface area contributed by atoms with Crippen LogP contribution in [0.5, 0.6) is 0 Å². The number of aliphatic hydroxyl groups excluding tert-OH is 1. The minimum absolute atomic E-state index is 0.00463. The first kappa shape index (κ1) is 12.9. The van der Waals surface area contributed by atoms with E-state index < -0.39 is 0 Å². The minimum Gasteiger partial charge on any atom is -0.390 e. The third-order valence-electron chi connectivity index (χ3n) is 2.19. The third kappa shape index (κ3) is 4.63. The lowest BCUT2D eigenvalue weighted by molar-refractivity contribution is -0.0818. The van der Waals surface area contributed by atoms with Crippen LogP contribution in [0.2, 0.25) is 0 Å². The van der Waals surface area contributed by atoms with Gasteiger partial charge in [-0.05, 0) is 18.8 Å². The van der Waals surface area contributed by atoms with E-state index in [2.05, 4.69) is 6.92 Å². The maximum absolute atomic E-state index is 9.98. The lowest BCUT2D eigenvalue weighted by atomic mass is 9.84. The van der Waals surface area contributed by atoms with Crippen molar-refractivity contribution in [2.24, 2.45) is 5.41 Å². The Morgan fingerprint density at radius 3 is 2.08 bits per heavy atom. The van der Waals surface area contributed by atoms with Gasteiger partial charge in [-0.3, -0.25) is 0 Å². The second-order valence-electron chi connectivity index (χ2n) is 4.59. The molecule has 1 N–H and O–H groups in total. The molecule has 2 heteroatoms. The van der Waals surface area contributed by atoms with E-state index in [1.54, 1.807) is 0 Å². The van der Waals surface area contributed by atoms with E-state index in [9.17, 15) is 5.11 Å². The summed E-state index contributed by atoms with van der Waals surface area (Å²) in [7, 11) is 0. The van der Waals surface area contributed by atoms with Crippen LogP contribution in [-0.4, -0.2) is 23.9 Å². The van der Waals surface area contributed by atoms with Crippen LogP contribution >= 0.6 is 0 Å². The molecule has 0 heterocycles. The fraction of sp³-hybridized carbons (Fsp3) is 1.00. The average molecular weight is 188 g/mol. The van der Waals surface area contributed by atoms with Crippen molar-refractivity contribution in [3.8, 4) is 0 Å². The predicted octanol–water partition coefficient (Wildman–Crippen LogP) is 2.60. The molecule has 2 unspecified atom stereocenters. The first-order valence-electron chi connectivity index (χ1n) is 5.23. The molecule has 0 saturated heterocycles. The number of rotatable bonds is 5. The van der Waals surface area contributed by atoms with Crippen molar-refractivity contribution in [2.45, 2.75) is 59.7 Å². The van der Waals surface area contributed by atoms with Gasteiger partial charge in [0, 0.05) is 6.61 Å². The maximum atomic E-state index is 9.98. The van der Waals surface area contributed by atoms with Gasteiger partial charge in [-0.25, -0.2) is 0 Å². The number of hydrogen-bond donors (Lipinski definition) is 1. The lowest BCUT2D eigenvalue weighted by Gasteiger charge is -2.32. The summed E-state index contributed by atoms with van der Waals surface area (Å²) in [4.78, 5) is 0. The molecular weight excluding hydrogens is 164 g/mol. The van der Waals surface area contributed by atoms with Crippen LogP contribution in [0.15, 0.2) is 0 Å². The molecule has 0 radical (unpaired) electrons. The summed E-state index contributed by atoms with van der Waals surface area (Å²) in [6, 6.07) is 0. The molecule has 0 aliphatic carbocycles. The van der Waals surface area contributed by atoms with Gasteiger partial charge in [-0.1, -0.05) is 34.1 Å². The van der Waals surface area contributed by atoms with E-state index in [4.69, 9.17) is 4.74 Å². The number of aliphatic hydroxyl groups is 1. The molecule has 80 valence electrons. The zero-order valence-electron chi connectivity index (χ0n) is 9.63. The number of ether oxygens (including phenoxy) is 1. The molecule has 0 aromatic heterocycles. The van der Waals surface area contributed by atoms with E-state index >= 15 is 0 Å². The Balaban J connectivity index is 4.18. The van der Waals surface area contributed by atoms with Crippen LogP contribution in [0.1, 0.15) is 47.5 Å². The summed E-state index contributed by atoms with van der Waals surface area (Å²) < 4.78 is 5.52. The molecule has 0 aromatic rings. The van der Waals surface area contributed by atoms with Crippen molar-refractivity contribution < 1.29 is 9.84 Å². The Bertz CT molecular complexity index is 121. The van der Waals surface area contributed by atoms with Gasteiger partial charge in [0.1, 0.15) is 0 Å². The molecule has 0 aliphatic heterocycles. The van der Waals surface area contributed by atoms with Crippen LogP contribution < -0.4 is 0 Å². The maximum Gasteiger partial charge on any atom is 0.0849 e. The van der Waals surface area contributed by atoms with Gasteiger partial charge < -0.3 is 9.84 Å². The van der Waals surface area contributed by atoms with E-state index in [0.29, 0.717) is 6.61 Å². The highest BCUT2D eigenvalue weighted by Gasteiger charge is 2.30. The van der Waals surface area contributed by atoms with Crippen molar-refractivity contribution in [2.75, 3.05) is 6.61 Å². The van der Waals surface area contributed by atoms with Gasteiger partial charge in [-0.15, -0.1) is 0 Å². The third-order valence-corrected chi connectivity index (χ3v) is 2.19. The van der Waals surface area contributed by atoms with Gasteiger partial charge in [0.25, 0.3) is 0 Å². The summed E-state index contributed by atoms with van der Waals surface area (Å²) in [5.41, 5.74) is -0.0883. The zero-order chi connectivity index (χ0) is 10.5. The molecule has 0 amide bonds. The Hall–Kier alpha value is -0.0800. The Morgan fingerprint density at radius 1 is 1.23 bits per heavy atom. The largest absolute Gasteiger partial charge is 0.390 e. The van der Waals surface area contributed by atoms with Crippen molar-refractivity contribution >= 4 is 0 Å². The fourth-order valence-corrected chi connectivity index (χ4v) is 1.39. The Kier molecular flexibility index (Phi) is 5.57. The molecule has 2 nitrogen and oxygen atoms in total. The molecule has 0 saturated carbocycles. The standard InChI is InChI=1S/C11H24O2/c1-6-8-9(13-7-2)10(12)11(3,4)5/h9-10,12H,6-8H2,1-5H3. The van der Waals surface area contributed by atoms with Crippen molar-refractivity contribution in [1.29, 1.82) is 0 Å². The van der Waals surface area contributed by atoms with Gasteiger partial charge >= 0.3 is 0 Å². The quantitative estimate of drug-likeness (QED) is 0.718. The number of hydrogen-bond acceptors (Lipinski definition) is 2. The van der Waals surface area contributed by atoms with Crippen molar-refractivity contribution in [1.82, 2.24) is 0 Å². The summed E-state index contributed by atoms with van der Waals surface area (Å²) in [6.07, 6.45) is 1.62. The Labute approximate surface area is 82.3 Å².